The van der Waals surface area contributed by atoms with Crippen molar-refractivity contribution in [2.24, 2.45) is 5.92 Å². The number of halogens is 1. The molecular formula is C15H21FN2. The van der Waals surface area contributed by atoms with E-state index in [1.807, 2.05) is 19.2 Å². The summed E-state index contributed by atoms with van der Waals surface area (Å²) >= 11 is 0. The number of likely N-dealkylation sites (N-methyl/N-ethyl adjacent to an activating group) is 1. The zero-order chi connectivity index (χ0) is 12.5. The Kier molecular flexibility index (Phi) is 3.35. The van der Waals surface area contributed by atoms with Crippen molar-refractivity contribution in [3.8, 4) is 0 Å². The van der Waals surface area contributed by atoms with Crippen molar-refractivity contribution in [1.29, 1.82) is 0 Å². The minimum atomic E-state index is -0.0961. The summed E-state index contributed by atoms with van der Waals surface area (Å²) in [4.78, 5) is 2.54. The highest BCUT2D eigenvalue weighted by Crippen LogP contribution is 2.38. The maximum absolute atomic E-state index is 13.8. The Morgan fingerprint density at radius 1 is 1.39 bits per heavy atom. The molecule has 1 saturated carbocycles. The van der Waals surface area contributed by atoms with Crippen molar-refractivity contribution in [3.05, 3.63) is 35.6 Å². The number of fused-ring (bicyclic) bond motifs is 2. The molecule has 3 heteroatoms. The smallest absolute Gasteiger partial charge is 0.128 e. The van der Waals surface area contributed by atoms with Gasteiger partial charge in [-0.25, -0.2) is 4.39 Å². The van der Waals surface area contributed by atoms with Gasteiger partial charge in [-0.3, -0.25) is 4.90 Å². The minimum Gasteiger partial charge on any atom is -0.312 e. The predicted molar refractivity (Wildman–Crippen MR) is 70.9 cm³/mol. The van der Waals surface area contributed by atoms with E-state index in [0.717, 1.165) is 24.1 Å². The number of likely N-dealkylation sites (tertiary alicyclic amines) is 1. The maximum Gasteiger partial charge on any atom is 0.128 e. The Labute approximate surface area is 108 Å². The number of nitrogens with one attached hydrogen (secondary N) is 1. The molecule has 1 aromatic rings. The van der Waals surface area contributed by atoms with Crippen LogP contribution in [0.25, 0.3) is 0 Å². The van der Waals surface area contributed by atoms with Crippen molar-refractivity contribution < 1.29 is 4.39 Å². The second-order valence-corrected chi connectivity index (χ2v) is 5.65. The van der Waals surface area contributed by atoms with Crippen LogP contribution in [0.5, 0.6) is 0 Å². The maximum atomic E-state index is 13.8. The van der Waals surface area contributed by atoms with Crippen LogP contribution >= 0.6 is 0 Å². The van der Waals surface area contributed by atoms with E-state index in [1.54, 1.807) is 12.1 Å². The fourth-order valence-corrected chi connectivity index (χ4v) is 3.59. The molecule has 0 amide bonds. The van der Waals surface area contributed by atoms with Gasteiger partial charge in [-0.15, -0.1) is 0 Å². The molecule has 2 nitrogen and oxygen atoms in total. The van der Waals surface area contributed by atoms with E-state index < -0.39 is 0 Å². The molecule has 3 atom stereocenters. The van der Waals surface area contributed by atoms with Crippen LogP contribution in [0.4, 0.5) is 4.39 Å². The summed E-state index contributed by atoms with van der Waals surface area (Å²) in [6.45, 7) is 2.13. The van der Waals surface area contributed by atoms with Crippen molar-refractivity contribution in [2.45, 2.75) is 31.3 Å². The summed E-state index contributed by atoms with van der Waals surface area (Å²) in [5.74, 6) is 0.800. The van der Waals surface area contributed by atoms with Crippen molar-refractivity contribution >= 4 is 0 Å². The van der Waals surface area contributed by atoms with Gasteiger partial charge >= 0.3 is 0 Å². The highest BCUT2D eigenvalue weighted by molar-refractivity contribution is 5.21. The number of benzene rings is 1. The standard InChI is InChI=1S/C15H21FN2/c1-17-15(13-4-2-3-5-14(13)16)10-18-9-11-6-7-12(18)8-11/h2-5,11-12,15,17H,6-10H2,1H3. The minimum absolute atomic E-state index is 0.0961. The van der Waals surface area contributed by atoms with Crippen LogP contribution in [0.1, 0.15) is 30.9 Å². The third kappa shape index (κ3) is 2.17. The van der Waals surface area contributed by atoms with Gasteiger partial charge in [0.2, 0.25) is 0 Å². The summed E-state index contributed by atoms with van der Waals surface area (Å²) < 4.78 is 13.8. The lowest BCUT2D eigenvalue weighted by atomic mass is 10.0. The van der Waals surface area contributed by atoms with E-state index in [4.69, 9.17) is 0 Å². The highest BCUT2D eigenvalue weighted by Gasteiger charge is 2.38. The Hall–Kier alpha value is -0.930. The first-order valence-corrected chi connectivity index (χ1v) is 6.93. The van der Waals surface area contributed by atoms with Crippen LogP contribution in [0.3, 0.4) is 0 Å². The summed E-state index contributed by atoms with van der Waals surface area (Å²) in [5, 5.41) is 3.26. The first-order chi connectivity index (χ1) is 8.78. The normalized spacial score (nSPS) is 28.8. The zero-order valence-electron chi connectivity index (χ0n) is 10.9. The SMILES string of the molecule is CNC(CN1CC2CCC1C2)c1ccccc1F. The molecule has 2 bridgehead atoms. The fraction of sp³-hybridized carbons (Fsp3) is 0.600. The Balaban J connectivity index is 1.72. The van der Waals surface area contributed by atoms with Crippen LogP contribution in [0.15, 0.2) is 24.3 Å². The lowest BCUT2D eigenvalue weighted by molar-refractivity contribution is 0.193. The molecule has 1 aliphatic carbocycles. The molecule has 98 valence electrons. The Morgan fingerprint density at radius 3 is 2.83 bits per heavy atom. The molecule has 1 N–H and O–H groups in total. The topological polar surface area (TPSA) is 15.3 Å². The molecule has 18 heavy (non-hydrogen) atoms. The second-order valence-electron chi connectivity index (χ2n) is 5.65. The second kappa shape index (κ2) is 4.98. The molecular weight excluding hydrogens is 227 g/mol. The number of hydrogen-bond donors (Lipinski definition) is 1. The van der Waals surface area contributed by atoms with Gasteiger partial charge in [0.25, 0.3) is 0 Å². The lowest BCUT2D eigenvalue weighted by Gasteiger charge is -2.31. The van der Waals surface area contributed by atoms with Gasteiger partial charge in [-0.2, -0.15) is 0 Å². The number of hydrogen-bond acceptors (Lipinski definition) is 2. The third-order valence-electron chi connectivity index (χ3n) is 4.57. The van der Waals surface area contributed by atoms with Crippen molar-refractivity contribution in [1.82, 2.24) is 10.2 Å². The zero-order valence-corrected chi connectivity index (χ0v) is 10.9. The van der Waals surface area contributed by atoms with E-state index in [-0.39, 0.29) is 11.9 Å². The highest BCUT2D eigenvalue weighted by atomic mass is 19.1. The predicted octanol–water partition coefficient (Wildman–Crippen LogP) is 2.57. The molecule has 1 aromatic carbocycles. The Bertz CT molecular complexity index is 421. The fourth-order valence-electron chi connectivity index (χ4n) is 3.59. The molecule has 0 radical (unpaired) electrons. The van der Waals surface area contributed by atoms with Crippen molar-refractivity contribution in [2.75, 3.05) is 20.1 Å². The molecule has 1 saturated heterocycles. The van der Waals surface area contributed by atoms with Gasteiger partial charge < -0.3 is 5.32 Å². The van der Waals surface area contributed by atoms with E-state index in [1.165, 1.54) is 25.8 Å². The lowest BCUT2D eigenvalue weighted by Crippen LogP contribution is -2.39. The average molecular weight is 248 g/mol. The third-order valence-corrected chi connectivity index (χ3v) is 4.57. The van der Waals surface area contributed by atoms with E-state index in [0.29, 0.717) is 0 Å². The average Bonchev–Trinajstić information content (AvgIpc) is 2.99. The number of rotatable bonds is 4. The van der Waals surface area contributed by atoms with E-state index in [9.17, 15) is 4.39 Å². The summed E-state index contributed by atoms with van der Waals surface area (Å²) in [5.41, 5.74) is 0.794. The number of piperidine rings is 1. The van der Waals surface area contributed by atoms with E-state index in [2.05, 4.69) is 10.2 Å². The molecule has 1 aliphatic heterocycles. The molecule has 0 spiro atoms. The summed E-state index contributed by atoms with van der Waals surface area (Å²) in [7, 11) is 1.92. The largest absolute Gasteiger partial charge is 0.312 e. The molecule has 3 rings (SSSR count). The molecule has 2 aliphatic rings. The van der Waals surface area contributed by atoms with Gasteiger partial charge in [0.05, 0.1) is 0 Å². The van der Waals surface area contributed by atoms with Crippen LogP contribution in [-0.4, -0.2) is 31.1 Å². The van der Waals surface area contributed by atoms with Gasteiger partial charge in [0.1, 0.15) is 5.82 Å². The molecule has 0 aromatic heterocycles. The van der Waals surface area contributed by atoms with Gasteiger partial charge in [-0.05, 0) is 38.3 Å². The molecule has 1 heterocycles. The first kappa shape index (κ1) is 12.1. The van der Waals surface area contributed by atoms with Crippen LogP contribution in [-0.2, 0) is 0 Å². The first-order valence-electron chi connectivity index (χ1n) is 6.93. The summed E-state index contributed by atoms with van der Waals surface area (Å²) in [6.07, 6.45) is 4.08. The van der Waals surface area contributed by atoms with Crippen LogP contribution in [0, 0.1) is 11.7 Å². The van der Waals surface area contributed by atoms with Crippen molar-refractivity contribution in [3.63, 3.8) is 0 Å². The van der Waals surface area contributed by atoms with Gasteiger partial charge in [-0.1, -0.05) is 18.2 Å². The van der Waals surface area contributed by atoms with Gasteiger partial charge in [0, 0.05) is 30.7 Å². The molecule has 2 fully saturated rings. The van der Waals surface area contributed by atoms with Crippen LogP contribution in [0.2, 0.25) is 0 Å². The Morgan fingerprint density at radius 2 is 2.22 bits per heavy atom. The quantitative estimate of drug-likeness (QED) is 0.881. The number of nitrogens with zero attached hydrogens (tertiary/aromatic N) is 1. The summed E-state index contributed by atoms with van der Waals surface area (Å²) in [6, 6.07) is 7.96. The molecule has 3 unspecified atom stereocenters. The van der Waals surface area contributed by atoms with Crippen LogP contribution < -0.4 is 5.32 Å². The monoisotopic (exact) mass is 248 g/mol. The van der Waals surface area contributed by atoms with E-state index >= 15 is 0 Å². The van der Waals surface area contributed by atoms with Gasteiger partial charge in [0.15, 0.2) is 0 Å².